The van der Waals surface area contributed by atoms with Crippen LogP contribution in [0.4, 0.5) is 4.79 Å². The minimum atomic E-state index is -0.223. The molecule has 0 bridgehead atoms. The molecule has 3 atom stereocenters. The van der Waals surface area contributed by atoms with Crippen LogP contribution in [0, 0.1) is 11.3 Å². The molecule has 1 heterocycles. The predicted octanol–water partition coefficient (Wildman–Crippen LogP) is 2.93. The maximum Gasteiger partial charge on any atom is 0.410 e. The van der Waals surface area contributed by atoms with Crippen molar-refractivity contribution in [1.82, 2.24) is 4.90 Å². The van der Waals surface area contributed by atoms with Crippen LogP contribution in [0.15, 0.2) is 42.5 Å². The van der Waals surface area contributed by atoms with Crippen molar-refractivity contribution < 1.29 is 14.3 Å². The summed E-state index contributed by atoms with van der Waals surface area (Å²) in [6.07, 6.45) is 6.08. The summed E-state index contributed by atoms with van der Waals surface area (Å²) in [5.41, 5.74) is 1.03. The van der Waals surface area contributed by atoms with Crippen molar-refractivity contribution >= 4 is 11.9 Å². The number of carbonyl (C=O) groups is 2. The average molecular weight is 297 g/mol. The zero-order valence-electron chi connectivity index (χ0n) is 12.4. The Bertz CT molecular complexity index is 639. The van der Waals surface area contributed by atoms with Crippen molar-refractivity contribution in [2.75, 3.05) is 6.54 Å². The van der Waals surface area contributed by atoms with Gasteiger partial charge in [0.15, 0.2) is 5.78 Å². The number of piperidine rings is 1. The van der Waals surface area contributed by atoms with Crippen LogP contribution in [0.25, 0.3) is 0 Å². The van der Waals surface area contributed by atoms with E-state index in [-0.39, 0.29) is 23.3 Å². The van der Waals surface area contributed by atoms with Gasteiger partial charge in [0.25, 0.3) is 0 Å². The number of carbonyl (C=O) groups excluding carboxylic acids is 2. The Labute approximate surface area is 129 Å². The van der Waals surface area contributed by atoms with Gasteiger partial charge < -0.3 is 9.64 Å². The van der Waals surface area contributed by atoms with Crippen molar-refractivity contribution in [2.24, 2.45) is 11.3 Å². The SMILES string of the molecule is O=C1C=CC2(CCN(C(=O)OCc3ccccc3)C3CC32)C1. The molecule has 0 N–H and O–H groups in total. The summed E-state index contributed by atoms with van der Waals surface area (Å²) in [5, 5.41) is 0. The van der Waals surface area contributed by atoms with E-state index in [4.69, 9.17) is 4.74 Å². The maximum absolute atomic E-state index is 12.3. The second kappa shape index (κ2) is 4.97. The Morgan fingerprint density at radius 3 is 2.86 bits per heavy atom. The van der Waals surface area contributed by atoms with E-state index >= 15 is 0 Å². The molecule has 2 fully saturated rings. The van der Waals surface area contributed by atoms with Gasteiger partial charge in [-0.25, -0.2) is 4.79 Å². The molecule has 3 aliphatic rings. The Morgan fingerprint density at radius 1 is 1.32 bits per heavy atom. The van der Waals surface area contributed by atoms with Gasteiger partial charge in [-0.05, 0) is 30.4 Å². The van der Waals surface area contributed by atoms with E-state index in [1.807, 2.05) is 35.2 Å². The Morgan fingerprint density at radius 2 is 2.14 bits per heavy atom. The van der Waals surface area contributed by atoms with Crippen LogP contribution in [-0.2, 0) is 16.1 Å². The third-order valence-electron chi connectivity index (χ3n) is 5.26. The first kappa shape index (κ1) is 13.6. The molecule has 4 rings (SSSR count). The lowest BCUT2D eigenvalue weighted by atomic mass is 9.76. The van der Waals surface area contributed by atoms with Gasteiger partial charge in [0, 0.05) is 24.4 Å². The van der Waals surface area contributed by atoms with Gasteiger partial charge in [-0.15, -0.1) is 0 Å². The highest BCUT2D eigenvalue weighted by Gasteiger charge is 2.59. The van der Waals surface area contributed by atoms with E-state index < -0.39 is 0 Å². The van der Waals surface area contributed by atoms with E-state index in [0.29, 0.717) is 25.5 Å². The van der Waals surface area contributed by atoms with Crippen LogP contribution in [0.2, 0.25) is 0 Å². The van der Waals surface area contributed by atoms with Crippen LogP contribution in [0.3, 0.4) is 0 Å². The minimum absolute atomic E-state index is 0.0258. The number of fused-ring (bicyclic) bond motifs is 2. The van der Waals surface area contributed by atoms with E-state index in [1.165, 1.54) is 0 Å². The van der Waals surface area contributed by atoms with Gasteiger partial charge in [0.05, 0.1) is 0 Å². The van der Waals surface area contributed by atoms with Crippen LogP contribution in [-0.4, -0.2) is 29.4 Å². The van der Waals surface area contributed by atoms with Crippen LogP contribution < -0.4 is 0 Å². The largest absolute Gasteiger partial charge is 0.445 e. The Hall–Kier alpha value is -2.10. The second-order valence-corrected chi connectivity index (χ2v) is 6.60. The normalized spacial score (nSPS) is 32.2. The van der Waals surface area contributed by atoms with E-state index in [0.717, 1.165) is 18.4 Å². The summed E-state index contributed by atoms with van der Waals surface area (Å²) in [6, 6.07) is 9.98. The van der Waals surface area contributed by atoms with Crippen LogP contribution in [0.5, 0.6) is 0 Å². The summed E-state index contributed by atoms with van der Waals surface area (Å²) < 4.78 is 5.44. The molecule has 22 heavy (non-hydrogen) atoms. The highest BCUT2D eigenvalue weighted by molar-refractivity contribution is 5.93. The van der Waals surface area contributed by atoms with Gasteiger partial charge in [-0.2, -0.15) is 0 Å². The number of benzene rings is 1. The molecule has 1 aromatic rings. The minimum Gasteiger partial charge on any atom is -0.445 e. The number of allylic oxidation sites excluding steroid dienone is 2. The molecule has 4 nitrogen and oxygen atoms in total. The topological polar surface area (TPSA) is 46.6 Å². The van der Waals surface area contributed by atoms with E-state index in [1.54, 1.807) is 6.08 Å². The van der Waals surface area contributed by atoms with Gasteiger partial charge in [0.1, 0.15) is 6.61 Å². The van der Waals surface area contributed by atoms with Gasteiger partial charge >= 0.3 is 6.09 Å². The van der Waals surface area contributed by atoms with Crippen LogP contribution in [0.1, 0.15) is 24.8 Å². The average Bonchev–Trinajstić information content (AvgIpc) is 3.26. The third kappa shape index (κ3) is 2.23. The molecule has 1 spiro atoms. The van der Waals surface area contributed by atoms with E-state index in [2.05, 4.69) is 6.08 Å². The molecule has 3 unspecified atom stereocenters. The first-order chi connectivity index (χ1) is 10.7. The number of ketones is 1. The molecule has 1 saturated carbocycles. The van der Waals surface area contributed by atoms with Gasteiger partial charge in [0.2, 0.25) is 0 Å². The molecule has 2 aliphatic carbocycles. The molecule has 0 radical (unpaired) electrons. The molecule has 114 valence electrons. The fraction of sp³-hybridized carbons (Fsp3) is 0.444. The van der Waals surface area contributed by atoms with Crippen molar-refractivity contribution in [1.29, 1.82) is 0 Å². The van der Waals surface area contributed by atoms with E-state index in [9.17, 15) is 9.59 Å². The molecular weight excluding hydrogens is 278 g/mol. The third-order valence-corrected chi connectivity index (χ3v) is 5.26. The van der Waals surface area contributed by atoms with Crippen LogP contribution >= 0.6 is 0 Å². The summed E-state index contributed by atoms with van der Waals surface area (Å²) >= 11 is 0. The molecule has 4 heteroatoms. The molecule has 1 amide bonds. The summed E-state index contributed by atoms with van der Waals surface area (Å²) in [7, 11) is 0. The van der Waals surface area contributed by atoms with Crippen molar-refractivity contribution in [3.05, 3.63) is 48.0 Å². The number of ether oxygens (including phenoxy) is 1. The highest BCUT2D eigenvalue weighted by atomic mass is 16.6. The van der Waals surface area contributed by atoms with Crippen molar-refractivity contribution in [3.8, 4) is 0 Å². The Kier molecular flexibility index (Phi) is 3.06. The zero-order chi connectivity index (χ0) is 15.2. The predicted molar refractivity (Wildman–Crippen MR) is 81.0 cm³/mol. The highest BCUT2D eigenvalue weighted by Crippen LogP contribution is 2.58. The van der Waals surface area contributed by atoms with Gasteiger partial charge in [-0.3, -0.25) is 4.79 Å². The number of hydrogen-bond donors (Lipinski definition) is 0. The lowest BCUT2D eigenvalue weighted by molar-refractivity contribution is -0.115. The van der Waals surface area contributed by atoms with Crippen molar-refractivity contribution in [3.63, 3.8) is 0 Å². The number of rotatable bonds is 2. The van der Waals surface area contributed by atoms with Crippen molar-refractivity contribution in [2.45, 2.75) is 31.9 Å². The lowest BCUT2D eigenvalue weighted by Gasteiger charge is -2.36. The summed E-state index contributed by atoms with van der Waals surface area (Å²) in [4.78, 5) is 25.7. The first-order valence-electron chi connectivity index (χ1n) is 7.87. The maximum atomic E-state index is 12.3. The quantitative estimate of drug-likeness (QED) is 0.843. The Balaban J connectivity index is 1.37. The molecule has 0 aromatic heterocycles. The second-order valence-electron chi connectivity index (χ2n) is 6.60. The number of hydrogen-bond acceptors (Lipinski definition) is 3. The number of nitrogens with zero attached hydrogens (tertiary/aromatic N) is 1. The van der Waals surface area contributed by atoms with Gasteiger partial charge in [-0.1, -0.05) is 36.4 Å². The summed E-state index contributed by atoms with van der Waals surface area (Å²) in [6.45, 7) is 1.00. The first-order valence-corrected chi connectivity index (χ1v) is 7.87. The molecule has 1 saturated heterocycles. The lowest BCUT2D eigenvalue weighted by Crippen LogP contribution is -2.43. The molecule has 1 aliphatic heterocycles. The molecular formula is C18H19NO3. The zero-order valence-corrected chi connectivity index (χ0v) is 12.4. The monoisotopic (exact) mass is 297 g/mol. The number of likely N-dealkylation sites (tertiary alicyclic amines) is 1. The number of amides is 1. The fourth-order valence-corrected chi connectivity index (χ4v) is 3.98. The molecule has 1 aromatic carbocycles. The smallest absolute Gasteiger partial charge is 0.410 e. The fourth-order valence-electron chi connectivity index (χ4n) is 3.98. The summed E-state index contributed by atoms with van der Waals surface area (Å²) in [5.74, 6) is 0.666. The standard InChI is InChI=1S/C18H19NO3/c20-14-6-7-18(11-14)8-9-19(16-10-15(16)18)17(21)22-12-13-4-2-1-3-5-13/h1-7,15-16H,8-12H2.